The Labute approximate surface area is 223 Å². The van der Waals surface area contributed by atoms with Gasteiger partial charge in [0.1, 0.15) is 0 Å². The molecular weight excluding hydrogens is 482 g/mol. The largest absolute Gasteiger partial charge is 0.343 e. The molecule has 0 radical (unpaired) electrons. The Bertz CT molecular complexity index is 1320. The zero-order valence-electron chi connectivity index (χ0n) is 21.0. The Morgan fingerprint density at radius 3 is 2.46 bits per heavy atom. The molecule has 1 aliphatic rings. The van der Waals surface area contributed by atoms with Gasteiger partial charge < -0.3 is 10.6 Å². The number of amides is 1. The van der Waals surface area contributed by atoms with Crippen LogP contribution in [-0.2, 0) is 17.6 Å². The molecule has 3 aromatic carbocycles. The molecule has 0 aliphatic carbocycles. The predicted octanol–water partition coefficient (Wildman–Crippen LogP) is 4.63. The van der Waals surface area contributed by atoms with Gasteiger partial charge in [0, 0.05) is 36.4 Å². The molecule has 4 aromatic rings. The molecule has 7 heteroatoms. The van der Waals surface area contributed by atoms with E-state index in [1.807, 2.05) is 72.3 Å². The van der Waals surface area contributed by atoms with Gasteiger partial charge in [-0.15, -0.1) is 0 Å². The molecule has 2 heterocycles. The van der Waals surface area contributed by atoms with E-state index in [4.69, 9.17) is 11.6 Å². The summed E-state index contributed by atoms with van der Waals surface area (Å²) in [7, 11) is 0. The van der Waals surface area contributed by atoms with E-state index in [0.29, 0.717) is 12.7 Å². The van der Waals surface area contributed by atoms with Crippen LogP contribution in [0.15, 0.2) is 84.9 Å². The Morgan fingerprint density at radius 1 is 1.03 bits per heavy atom. The minimum absolute atomic E-state index is 0.0117. The number of para-hydroxylation sites is 1. The first-order chi connectivity index (χ1) is 18.0. The van der Waals surface area contributed by atoms with E-state index in [1.165, 1.54) is 11.1 Å². The third kappa shape index (κ3) is 6.46. The highest BCUT2D eigenvalue weighted by Gasteiger charge is 2.23. The molecule has 1 aliphatic heterocycles. The minimum atomic E-state index is -0.0117. The summed E-state index contributed by atoms with van der Waals surface area (Å²) >= 11 is 6.02. The molecule has 190 valence electrons. The molecule has 0 spiro atoms. The number of aryl methyl sites for hydroxylation is 1. The second-order valence-electron chi connectivity index (χ2n) is 9.54. The molecular formula is C30H32ClN5O. The van der Waals surface area contributed by atoms with Crippen LogP contribution in [0.3, 0.4) is 0 Å². The SMILES string of the molecule is Cc1cc(CC(=O)NCN2CCNCC2Cc2ccc(-c3ccc(Cl)cc3)cc2)nn1-c1ccccc1. The van der Waals surface area contributed by atoms with Crippen molar-refractivity contribution in [3.8, 4) is 16.8 Å². The molecule has 37 heavy (non-hydrogen) atoms. The number of halogens is 1. The number of piperazine rings is 1. The lowest BCUT2D eigenvalue weighted by Gasteiger charge is -2.36. The summed E-state index contributed by atoms with van der Waals surface area (Å²) in [6.45, 7) is 5.26. The van der Waals surface area contributed by atoms with Crippen LogP contribution in [0.5, 0.6) is 0 Å². The molecule has 0 bridgehead atoms. The van der Waals surface area contributed by atoms with Gasteiger partial charge >= 0.3 is 0 Å². The molecule has 1 saturated heterocycles. The van der Waals surface area contributed by atoms with Crippen LogP contribution in [0.25, 0.3) is 16.8 Å². The lowest BCUT2D eigenvalue weighted by molar-refractivity contribution is -0.121. The first kappa shape index (κ1) is 25.2. The van der Waals surface area contributed by atoms with Gasteiger partial charge in [0.05, 0.1) is 24.5 Å². The van der Waals surface area contributed by atoms with E-state index in [9.17, 15) is 4.79 Å². The summed E-state index contributed by atoms with van der Waals surface area (Å²) in [5.41, 5.74) is 6.40. The van der Waals surface area contributed by atoms with E-state index in [2.05, 4.69) is 44.9 Å². The highest BCUT2D eigenvalue weighted by atomic mass is 35.5. The summed E-state index contributed by atoms with van der Waals surface area (Å²) in [6, 6.07) is 28.9. The lowest BCUT2D eigenvalue weighted by atomic mass is 9.99. The molecule has 1 unspecified atom stereocenters. The van der Waals surface area contributed by atoms with Crippen LogP contribution in [0.2, 0.25) is 5.02 Å². The van der Waals surface area contributed by atoms with Crippen LogP contribution < -0.4 is 10.6 Å². The predicted molar refractivity (Wildman–Crippen MR) is 149 cm³/mol. The fourth-order valence-corrected chi connectivity index (χ4v) is 4.96. The molecule has 1 aromatic heterocycles. The number of carbonyl (C=O) groups excluding carboxylic acids is 1. The van der Waals surface area contributed by atoms with Crippen LogP contribution in [0.4, 0.5) is 0 Å². The van der Waals surface area contributed by atoms with Crippen molar-refractivity contribution >= 4 is 17.5 Å². The maximum absolute atomic E-state index is 12.8. The summed E-state index contributed by atoms with van der Waals surface area (Å²) < 4.78 is 1.88. The number of nitrogens with zero attached hydrogens (tertiary/aromatic N) is 3. The van der Waals surface area contributed by atoms with Gasteiger partial charge in [-0.1, -0.05) is 66.2 Å². The topological polar surface area (TPSA) is 62.2 Å². The van der Waals surface area contributed by atoms with Crippen molar-refractivity contribution in [1.29, 1.82) is 0 Å². The Hall–Kier alpha value is -3.45. The van der Waals surface area contributed by atoms with Gasteiger partial charge in [0.15, 0.2) is 0 Å². The van der Waals surface area contributed by atoms with Crippen molar-refractivity contribution < 1.29 is 4.79 Å². The maximum atomic E-state index is 12.8. The standard InChI is InChI=1S/C30H32ClN5O/c1-22-17-27(34-36(22)28-5-3-2-4-6-28)19-30(37)33-21-35-16-15-32-20-29(35)18-23-7-9-24(10-8-23)25-11-13-26(31)14-12-25/h2-14,17,29,32H,15-16,18-21H2,1H3,(H,33,37). The third-order valence-electron chi connectivity index (χ3n) is 6.83. The summed E-state index contributed by atoms with van der Waals surface area (Å²) in [6.07, 6.45) is 1.19. The van der Waals surface area contributed by atoms with Crippen LogP contribution in [0.1, 0.15) is 17.0 Å². The zero-order valence-corrected chi connectivity index (χ0v) is 21.8. The lowest BCUT2D eigenvalue weighted by Crippen LogP contribution is -2.55. The van der Waals surface area contributed by atoms with Crippen molar-refractivity contribution in [2.75, 3.05) is 26.3 Å². The molecule has 5 rings (SSSR count). The molecule has 6 nitrogen and oxygen atoms in total. The first-order valence-corrected chi connectivity index (χ1v) is 13.1. The van der Waals surface area contributed by atoms with E-state index in [-0.39, 0.29) is 12.3 Å². The molecule has 1 atom stereocenters. The highest BCUT2D eigenvalue weighted by Crippen LogP contribution is 2.23. The first-order valence-electron chi connectivity index (χ1n) is 12.7. The third-order valence-corrected chi connectivity index (χ3v) is 7.09. The molecule has 1 fully saturated rings. The van der Waals surface area contributed by atoms with Crippen molar-refractivity contribution in [2.24, 2.45) is 0 Å². The maximum Gasteiger partial charge on any atom is 0.227 e. The van der Waals surface area contributed by atoms with Crippen molar-refractivity contribution in [1.82, 2.24) is 25.3 Å². The number of benzene rings is 3. The summed E-state index contributed by atoms with van der Waals surface area (Å²) in [4.78, 5) is 15.1. The Balaban J connectivity index is 1.16. The molecule has 2 N–H and O–H groups in total. The van der Waals surface area contributed by atoms with Gasteiger partial charge in [-0.3, -0.25) is 9.69 Å². The van der Waals surface area contributed by atoms with E-state index in [0.717, 1.165) is 53.7 Å². The van der Waals surface area contributed by atoms with Gasteiger partial charge in [-0.25, -0.2) is 4.68 Å². The highest BCUT2D eigenvalue weighted by molar-refractivity contribution is 6.30. The van der Waals surface area contributed by atoms with Crippen LogP contribution in [0, 0.1) is 6.92 Å². The zero-order chi connectivity index (χ0) is 25.6. The monoisotopic (exact) mass is 513 g/mol. The Morgan fingerprint density at radius 2 is 1.73 bits per heavy atom. The smallest absolute Gasteiger partial charge is 0.227 e. The number of nitrogens with one attached hydrogen (secondary N) is 2. The van der Waals surface area contributed by atoms with Crippen molar-refractivity contribution in [2.45, 2.75) is 25.8 Å². The van der Waals surface area contributed by atoms with Crippen LogP contribution >= 0.6 is 11.6 Å². The van der Waals surface area contributed by atoms with Gasteiger partial charge in [-0.05, 0) is 60.4 Å². The number of hydrogen-bond acceptors (Lipinski definition) is 4. The van der Waals surface area contributed by atoms with E-state index < -0.39 is 0 Å². The van der Waals surface area contributed by atoms with Crippen LogP contribution in [-0.4, -0.2) is 52.9 Å². The fourth-order valence-electron chi connectivity index (χ4n) is 4.83. The average Bonchev–Trinajstić information content (AvgIpc) is 3.29. The van der Waals surface area contributed by atoms with Gasteiger partial charge in [-0.2, -0.15) is 5.10 Å². The number of hydrogen-bond donors (Lipinski definition) is 2. The van der Waals surface area contributed by atoms with Gasteiger partial charge in [0.25, 0.3) is 0 Å². The van der Waals surface area contributed by atoms with E-state index in [1.54, 1.807) is 0 Å². The minimum Gasteiger partial charge on any atom is -0.343 e. The van der Waals surface area contributed by atoms with Crippen molar-refractivity contribution in [3.63, 3.8) is 0 Å². The quantitative estimate of drug-likeness (QED) is 0.360. The van der Waals surface area contributed by atoms with E-state index >= 15 is 0 Å². The fraction of sp³-hybridized carbons (Fsp3) is 0.267. The number of aromatic nitrogens is 2. The second kappa shape index (κ2) is 11.7. The summed E-state index contributed by atoms with van der Waals surface area (Å²) in [5.74, 6) is -0.0117. The normalized spacial score (nSPS) is 16.0. The number of rotatable bonds is 8. The Kier molecular flexibility index (Phi) is 7.99. The van der Waals surface area contributed by atoms with Crippen molar-refractivity contribution in [3.05, 3.63) is 107 Å². The second-order valence-corrected chi connectivity index (χ2v) is 9.97. The summed E-state index contributed by atoms with van der Waals surface area (Å²) in [5, 5.41) is 12.0. The number of carbonyl (C=O) groups is 1. The van der Waals surface area contributed by atoms with Gasteiger partial charge in [0.2, 0.25) is 5.91 Å². The average molecular weight is 514 g/mol. The molecule has 0 saturated carbocycles. The molecule has 1 amide bonds.